The molecule has 1 aromatic rings. The number of benzene rings is 1. The van der Waals surface area contributed by atoms with Crippen LogP contribution in [-0.2, 0) is 11.2 Å². The summed E-state index contributed by atoms with van der Waals surface area (Å²) in [6.07, 6.45) is 4.75. The molecular weight excluding hydrogens is 364 g/mol. The SMILES string of the molecule is O=C(NCC1CCCN(C(=O)NCCc2cccc(Cl)c2)C1)C1CCCN1. The molecule has 1 aromatic carbocycles. The van der Waals surface area contributed by atoms with Crippen molar-refractivity contribution in [2.75, 3.05) is 32.7 Å². The van der Waals surface area contributed by atoms with Crippen molar-refractivity contribution in [3.63, 3.8) is 0 Å². The summed E-state index contributed by atoms with van der Waals surface area (Å²) in [7, 11) is 0. The Kier molecular flexibility index (Phi) is 7.35. The highest BCUT2D eigenvalue weighted by Crippen LogP contribution is 2.16. The molecule has 0 bridgehead atoms. The van der Waals surface area contributed by atoms with E-state index in [9.17, 15) is 9.59 Å². The van der Waals surface area contributed by atoms with Crippen LogP contribution >= 0.6 is 11.6 Å². The molecule has 2 saturated heterocycles. The van der Waals surface area contributed by atoms with Crippen LogP contribution in [0.1, 0.15) is 31.2 Å². The van der Waals surface area contributed by atoms with E-state index < -0.39 is 0 Å². The van der Waals surface area contributed by atoms with Gasteiger partial charge in [-0.05, 0) is 62.3 Å². The van der Waals surface area contributed by atoms with Crippen molar-refractivity contribution in [2.24, 2.45) is 5.92 Å². The molecule has 7 heteroatoms. The summed E-state index contributed by atoms with van der Waals surface area (Å²) in [5.74, 6) is 0.415. The molecule has 0 radical (unpaired) electrons. The number of hydrogen-bond acceptors (Lipinski definition) is 3. The van der Waals surface area contributed by atoms with Crippen LogP contribution in [0.15, 0.2) is 24.3 Å². The lowest BCUT2D eigenvalue weighted by molar-refractivity contribution is -0.123. The molecule has 3 N–H and O–H groups in total. The van der Waals surface area contributed by atoms with E-state index in [0.717, 1.165) is 50.8 Å². The van der Waals surface area contributed by atoms with Crippen LogP contribution < -0.4 is 16.0 Å². The van der Waals surface area contributed by atoms with Gasteiger partial charge >= 0.3 is 6.03 Å². The van der Waals surface area contributed by atoms with E-state index in [2.05, 4.69) is 16.0 Å². The second kappa shape index (κ2) is 9.95. The van der Waals surface area contributed by atoms with E-state index in [0.29, 0.717) is 30.6 Å². The smallest absolute Gasteiger partial charge is 0.317 e. The summed E-state index contributed by atoms with van der Waals surface area (Å²) in [6, 6.07) is 7.64. The largest absolute Gasteiger partial charge is 0.354 e. The maximum absolute atomic E-state index is 12.4. The summed E-state index contributed by atoms with van der Waals surface area (Å²) in [4.78, 5) is 26.4. The lowest BCUT2D eigenvalue weighted by Crippen LogP contribution is -2.49. The number of nitrogens with zero attached hydrogens (tertiary/aromatic N) is 1. The molecule has 0 saturated carbocycles. The number of carbonyl (C=O) groups is 2. The van der Waals surface area contributed by atoms with Crippen molar-refractivity contribution in [1.29, 1.82) is 0 Å². The van der Waals surface area contributed by atoms with Crippen LogP contribution in [0.4, 0.5) is 4.79 Å². The van der Waals surface area contributed by atoms with Crippen LogP contribution in [-0.4, -0.2) is 55.6 Å². The summed E-state index contributed by atoms with van der Waals surface area (Å²) in [5, 5.41) is 9.98. The number of likely N-dealkylation sites (tertiary alicyclic amines) is 1. The van der Waals surface area contributed by atoms with Crippen molar-refractivity contribution >= 4 is 23.5 Å². The maximum Gasteiger partial charge on any atom is 0.317 e. The average molecular weight is 393 g/mol. The fourth-order valence-corrected chi connectivity index (χ4v) is 4.02. The Morgan fingerprint density at radius 2 is 2.11 bits per heavy atom. The molecule has 2 atom stereocenters. The monoisotopic (exact) mass is 392 g/mol. The number of piperidine rings is 1. The van der Waals surface area contributed by atoms with Gasteiger partial charge in [0, 0.05) is 31.2 Å². The van der Waals surface area contributed by atoms with Crippen LogP contribution in [0.25, 0.3) is 0 Å². The van der Waals surface area contributed by atoms with Gasteiger partial charge in [0.05, 0.1) is 6.04 Å². The molecule has 2 heterocycles. The van der Waals surface area contributed by atoms with Crippen molar-refractivity contribution in [3.05, 3.63) is 34.9 Å². The van der Waals surface area contributed by atoms with Gasteiger partial charge in [-0.2, -0.15) is 0 Å². The normalized spacial score (nSPS) is 22.5. The third kappa shape index (κ3) is 6.11. The molecule has 0 aliphatic carbocycles. The van der Waals surface area contributed by atoms with E-state index in [1.807, 2.05) is 29.2 Å². The fraction of sp³-hybridized carbons (Fsp3) is 0.600. The molecule has 0 aromatic heterocycles. The van der Waals surface area contributed by atoms with Gasteiger partial charge < -0.3 is 20.9 Å². The number of urea groups is 1. The first-order valence-electron chi connectivity index (χ1n) is 9.90. The minimum atomic E-state index is -0.0421. The first-order valence-corrected chi connectivity index (χ1v) is 10.3. The van der Waals surface area contributed by atoms with Crippen LogP contribution in [0, 0.1) is 5.92 Å². The zero-order valence-electron chi connectivity index (χ0n) is 15.7. The lowest BCUT2D eigenvalue weighted by Gasteiger charge is -2.33. The van der Waals surface area contributed by atoms with Crippen molar-refractivity contribution in [3.8, 4) is 0 Å². The molecule has 27 heavy (non-hydrogen) atoms. The van der Waals surface area contributed by atoms with Gasteiger partial charge in [-0.1, -0.05) is 23.7 Å². The predicted molar refractivity (Wildman–Crippen MR) is 107 cm³/mol. The molecule has 2 unspecified atom stereocenters. The third-order valence-electron chi connectivity index (χ3n) is 5.33. The zero-order chi connectivity index (χ0) is 19.1. The number of nitrogens with one attached hydrogen (secondary N) is 3. The Hall–Kier alpha value is -1.79. The quantitative estimate of drug-likeness (QED) is 0.694. The number of amides is 3. The van der Waals surface area contributed by atoms with Crippen LogP contribution in [0.3, 0.4) is 0 Å². The van der Waals surface area contributed by atoms with Gasteiger partial charge in [-0.25, -0.2) is 4.79 Å². The second-order valence-electron chi connectivity index (χ2n) is 7.46. The van der Waals surface area contributed by atoms with E-state index in [4.69, 9.17) is 11.6 Å². The molecule has 6 nitrogen and oxygen atoms in total. The minimum absolute atomic E-state index is 0.0227. The fourth-order valence-electron chi connectivity index (χ4n) is 3.81. The highest BCUT2D eigenvalue weighted by Gasteiger charge is 2.26. The summed E-state index contributed by atoms with van der Waals surface area (Å²) in [5.41, 5.74) is 1.11. The van der Waals surface area contributed by atoms with E-state index in [1.54, 1.807) is 0 Å². The number of halogens is 1. The van der Waals surface area contributed by atoms with E-state index in [1.165, 1.54) is 0 Å². The highest BCUT2D eigenvalue weighted by molar-refractivity contribution is 6.30. The van der Waals surface area contributed by atoms with Crippen molar-refractivity contribution < 1.29 is 9.59 Å². The van der Waals surface area contributed by atoms with Gasteiger partial charge in [0.25, 0.3) is 0 Å². The standard InChI is InChI=1S/C20H29ClN4O2/c21-17-6-1-4-15(12-17)8-10-23-20(27)25-11-3-5-16(14-25)13-24-19(26)18-7-2-9-22-18/h1,4,6,12,16,18,22H,2-3,5,7-11,13-14H2,(H,23,27)(H,24,26). The number of rotatable bonds is 6. The Morgan fingerprint density at radius 1 is 1.22 bits per heavy atom. The minimum Gasteiger partial charge on any atom is -0.354 e. The van der Waals surface area contributed by atoms with Crippen molar-refractivity contribution in [1.82, 2.24) is 20.9 Å². The Morgan fingerprint density at radius 3 is 2.89 bits per heavy atom. The number of carbonyl (C=O) groups excluding carboxylic acids is 2. The molecule has 0 spiro atoms. The molecule has 3 rings (SSSR count). The molecule has 148 valence electrons. The Balaban J connectivity index is 1.37. The molecular formula is C20H29ClN4O2. The molecule has 2 aliphatic rings. The van der Waals surface area contributed by atoms with E-state index >= 15 is 0 Å². The summed E-state index contributed by atoms with van der Waals surface area (Å²) in [6.45, 7) is 3.62. The topological polar surface area (TPSA) is 73.5 Å². The second-order valence-corrected chi connectivity index (χ2v) is 7.90. The first-order chi connectivity index (χ1) is 13.1. The van der Waals surface area contributed by atoms with Crippen molar-refractivity contribution in [2.45, 2.75) is 38.1 Å². The van der Waals surface area contributed by atoms with Crippen LogP contribution in [0.5, 0.6) is 0 Å². The van der Waals surface area contributed by atoms with Gasteiger partial charge in [0.1, 0.15) is 0 Å². The highest BCUT2D eigenvalue weighted by atomic mass is 35.5. The van der Waals surface area contributed by atoms with Gasteiger partial charge in [-0.15, -0.1) is 0 Å². The Labute approximate surface area is 166 Å². The van der Waals surface area contributed by atoms with Gasteiger partial charge in [0.15, 0.2) is 0 Å². The molecule has 2 aliphatic heterocycles. The Bertz CT molecular complexity index is 649. The lowest BCUT2D eigenvalue weighted by atomic mass is 9.98. The predicted octanol–water partition coefficient (Wildman–Crippen LogP) is 2.17. The van der Waals surface area contributed by atoms with Gasteiger partial charge in [0.2, 0.25) is 5.91 Å². The summed E-state index contributed by atoms with van der Waals surface area (Å²) < 4.78 is 0. The first kappa shape index (κ1) is 20.0. The van der Waals surface area contributed by atoms with E-state index in [-0.39, 0.29) is 18.0 Å². The zero-order valence-corrected chi connectivity index (χ0v) is 16.4. The molecule has 2 fully saturated rings. The molecule has 3 amide bonds. The van der Waals surface area contributed by atoms with Crippen LogP contribution in [0.2, 0.25) is 5.02 Å². The maximum atomic E-state index is 12.4. The third-order valence-corrected chi connectivity index (χ3v) is 5.56. The average Bonchev–Trinajstić information content (AvgIpc) is 3.21. The number of hydrogen-bond donors (Lipinski definition) is 3. The summed E-state index contributed by atoms with van der Waals surface area (Å²) >= 11 is 5.99. The van der Waals surface area contributed by atoms with Gasteiger partial charge in [-0.3, -0.25) is 4.79 Å².